The van der Waals surface area contributed by atoms with Crippen LogP contribution < -0.4 is 10.0 Å². The van der Waals surface area contributed by atoms with Gasteiger partial charge >= 0.3 is 0 Å². The first-order chi connectivity index (χ1) is 14.3. The average Bonchev–Trinajstić information content (AvgIpc) is 3.39. The molecule has 0 spiro atoms. The Morgan fingerprint density at radius 3 is 2.37 bits per heavy atom. The summed E-state index contributed by atoms with van der Waals surface area (Å²) in [4.78, 5) is 27.2. The molecule has 1 atom stereocenters. The van der Waals surface area contributed by atoms with E-state index in [1.807, 2.05) is 0 Å². The second-order valence-corrected chi connectivity index (χ2v) is 9.54. The fraction of sp³-hybridized carbons (Fsp3) is 0.364. The van der Waals surface area contributed by atoms with Crippen molar-refractivity contribution in [1.82, 2.24) is 10.2 Å². The highest BCUT2D eigenvalue weighted by Gasteiger charge is 2.36. The molecule has 0 radical (unpaired) electrons. The van der Waals surface area contributed by atoms with Crippen LogP contribution in [0.1, 0.15) is 41.6 Å². The molecular formula is C22H25N3O4S. The summed E-state index contributed by atoms with van der Waals surface area (Å²) in [5.74, 6) is -0.289. The highest BCUT2D eigenvalue weighted by molar-refractivity contribution is 7.92. The fourth-order valence-electron chi connectivity index (χ4n) is 3.72. The molecular weight excluding hydrogens is 402 g/mol. The Labute approximate surface area is 176 Å². The lowest BCUT2D eigenvalue weighted by Crippen LogP contribution is -2.46. The molecule has 1 saturated heterocycles. The number of nitrogens with one attached hydrogen (secondary N) is 2. The highest BCUT2D eigenvalue weighted by Crippen LogP contribution is 2.25. The van der Waals surface area contributed by atoms with Crippen molar-refractivity contribution in [3.8, 4) is 0 Å². The molecule has 8 heteroatoms. The summed E-state index contributed by atoms with van der Waals surface area (Å²) in [5.41, 5.74) is 1.46. The number of nitrogens with zero attached hydrogens (tertiary/aromatic N) is 1. The Morgan fingerprint density at radius 1 is 1.00 bits per heavy atom. The van der Waals surface area contributed by atoms with Gasteiger partial charge in [0.25, 0.3) is 15.9 Å². The third-order valence-corrected chi connectivity index (χ3v) is 7.05. The molecule has 2 aromatic carbocycles. The lowest BCUT2D eigenvalue weighted by atomic mass is 10.1. The molecule has 7 nitrogen and oxygen atoms in total. The van der Waals surface area contributed by atoms with Crippen LogP contribution in [0.4, 0.5) is 5.69 Å². The number of amides is 2. The largest absolute Gasteiger partial charge is 0.352 e. The molecule has 1 aliphatic heterocycles. The van der Waals surface area contributed by atoms with Crippen LogP contribution in [0.25, 0.3) is 0 Å². The summed E-state index contributed by atoms with van der Waals surface area (Å²) in [5, 5.41) is 2.98. The molecule has 4 rings (SSSR count). The molecule has 2 aromatic rings. The zero-order valence-electron chi connectivity index (χ0n) is 16.8. The van der Waals surface area contributed by atoms with Crippen LogP contribution in [-0.4, -0.2) is 43.8 Å². The van der Waals surface area contributed by atoms with E-state index in [0.29, 0.717) is 29.8 Å². The van der Waals surface area contributed by atoms with Crippen molar-refractivity contribution in [3.63, 3.8) is 0 Å². The van der Waals surface area contributed by atoms with Gasteiger partial charge in [-0.25, -0.2) is 8.42 Å². The maximum absolute atomic E-state index is 12.9. The summed E-state index contributed by atoms with van der Waals surface area (Å²) in [7, 11) is -3.72. The van der Waals surface area contributed by atoms with Gasteiger partial charge < -0.3 is 10.2 Å². The molecule has 2 fully saturated rings. The Morgan fingerprint density at radius 2 is 1.70 bits per heavy atom. The van der Waals surface area contributed by atoms with Crippen LogP contribution in [0.2, 0.25) is 0 Å². The van der Waals surface area contributed by atoms with Crippen molar-refractivity contribution in [2.24, 2.45) is 0 Å². The van der Waals surface area contributed by atoms with Gasteiger partial charge in [0.1, 0.15) is 6.04 Å². The van der Waals surface area contributed by atoms with Crippen molar-refractivity contribution in [2.45, 2.75) is 49.6 Å². The van der Waals surface area contributed by atoms with Crippen molar-refractivity contribution in [2.75, 3.05) is 11.3 Å². The number of hydrogen-bond acceptors (Lipinski definition) is 4. The molecule has 1 aliphatic carbocycles. The molecule has 1 saturated carbocycles. The number of carbonyl (C=O) groups is 2. The number of hydrogen-bond donors (Lipinski definition) is 2. The van der Waals surface area contributed by atoms with E-state index in [4.69, 9.17) is 0 Å². The number of sulfonamides is 1. The highest BCUT2D eigenvalue weighted by atomic mass is 32.2. The van der Waals surface area contributed by atoms with Crippen LogP contribution in [0, 0.1) is 6.92 Å². The van der Waals surface area contributed by atoms with Gasteiger partial charge in [0.15, 0.2) is 0 Å². The predicted molar refractivity (Wildman–Crippen MR) is 114 cm³/mol. The monoisotopic (exact) mass is 427 g/mol. The van der Waals surface area contributed by atoms with Crippen molar-refractivity contribution in [1.29, 1.82) is 0 Å². The summed E-state index contributed by atoms with van der Waals surface area (Å²) < 4.78 is 27.8. The molecule has 30 heavy (non-hydrogen) atoms. The Hall–Kier alpha value is -2.87. The number of likely N-dealkylation sites (tertiary alicyclic amines) is 1. The van der Waals surface area contributed by atoms with Crippen LogP contribution in [0.3, 0.4) is 0 Å². The van der Waals surface area contributed by atoms with Gasteiger partial charge in [-0.2, -0.15) is 0 Å². The van der Waals surface area contributed by atoms with E-state index in [1.165, 1.54) is 0 Å². The summed E-state index contributed by atoms with van der Waals surface area (Å²) in [6.45, 7) is 2.28. The zero-order valence-corrected chi connectivity index (χ0v) is 17.6. The first-order valence-corrected chi connectivity index (χ1v) is 11.6. The average molecular weight is 428 g/mol. The van der Waals surface area contributed by atoms with E-state index in [-0.39, 0.29) is 22.8 Å². The lowest BCUT2D eigenvalue weighted by molar-refractivity contribution is -0.125. The van der Waals surface area contributed by atoms with E-state index in [0.717, 1.165) is 19.3 Å². The Bertz CT molecular complexity index is 1060. The molecule has 158 valence electrons. The lowest BCUT2D eigenvalue weighted by Gasteiger charge is -2.24. The fourth-order valence-corrected chi connectivity index (χ4v) is 5.03. The van der Waals surface area contributed by atoms with E-state index in [2.05, 4.69) is 10.0 Å². The summed E-state index contributed by atoms with van der Waals surface area (Å²) >= 11 is 0. The topological polar surface area (TPSA) is 95.6 Å². The zero-order chi connectivity index (χ0) is 21.3. The molecule has 0 bridgehead atoms. The van der Waals surface area contributed by atoms with Crippen molar-refractivity contribution in [3.05, 3.63) is 59.7 Å². The minimum absolute atomic E-state index is 0.0778. The first-order valence-electron chi connectivity index (χ1n) is 10.1. The Balaban J connectivity index is 1.46. The van der Waals surface area contributed by atoms with Gasteiger partial charge in [0.05, 0.1) is 4.90 Å². The number of anilines is 1. The van der Waals surface area contributed by atoms with Gasteiger partial charge in [0, 0.05) is 23.8 Å². The van der Waals surface area contributed by atoms with Gasteiger partial charge in [-0.05, 0) is 68.5 Å². The van der Waals surface area contributed by atoms with Gasteiger partial charge in [-0.3, -0.25) is 14.3 Å². The molecule has 0 unspecified atom stereocenters. The number of carbonyl (C=O) groups excluding carboxylic acids is 2. The predicted octanol–water partition coefficient (Wildman–Crippen LogP) is 2.68. The van der Waals surface area contributed by atoms with Gasteiger partial charge in [-0.15, -0.1) is 0 Å². The quantitative estimate of drug-likeness (QED) is 0.741. The molecule has 2 aliphatic rings. The van der Waals surface area contributed by atoms with Crippen molar-refractivity contribution < 1.29 is 18.0 Å². The maximum Gasteiger partial charge on any atom is 0.262 e. The molecule has 1 heterocycles. The third kappa shape index (κ3) is 4.33. The second kappa shape index (κ2) is 8.10. The van der Waals surface area contributed by atoms with Gasteiger partial charge in [0.2, 0.25) is 5.91 Å². The first kappa shape index (κ1) is 20.4. The van der Waals surface area contributed by atoms with Crippen LogP contribution >= 0.6 is 0 Å². The van der Waals surface area contributed by atoms with Crippen LogP contribution in [-0.2, 0) is 14.8 Å². The molecule has 2 N–H and O–H groups in total. The Kier molecular flexibility index (Phi) is 5.51. The molecule has 2 amide bonds. The standard InChI is InChI=1S/C22H25N3O4S/c1-15-5-2-3-7-20(15)30(28,29)24-18-10-8-16(9-11-18)22(27)25-14-4-6-19(25)21(26)23-17-12-13-17/h2-3,5,7-11,17,19,24H,4,6,12-14H2,1H3,(H,23,26)/t19-/m1/s1. The minimum Gasteiger partial charge on any atom is -0.352 e. The number of benzene rings is 2. The van der Waals surface area contributed by atoms with E-state index in [1.54, 1.807) is 60.4 Å². The minimum atomic E-state index is -3.72. The van der Waals surface area contributed by atoms with Crippen LogP contribution in [0.5, 0.6) is 0 Å². The number of aryl methyl sites for hydroxylation is 1. The smallest absolute Gasteiger partial charge is 0.262 e. The third-order valence-electron chi connectivity index (χ3n) is 5.51. The van der Waals surface area contributed by atoms with Crippen molar-refractivity contribution >= 4 is 27.5 Å². The number of rotatable bonds is 6. The normalized spacial score (nSPS) is 18.8. The van der Waals surface area contributed by atoms with E-state index in [9.17, 15) is 18.0 Å². The van der Waals surface area contributed by atoms with Crippen LogP contribution in [0.15, 0.2) is 53.4 Å². The SMILES string of the molecule is Cc1ccccc1S(=O)(=O)Nc1ccc(C(=O)N2CCC[C@@H]2C(=O)NC2CC2)cc1. The van der Waals surface area contributed by atoms with E-state index < -0.39 is 16.1 Å². The summed E-state index contributed by atoms with van der Waals surface area (Å²) in [6, 6.07) is 12.9. The molecule has 0 aromatic heterocycles. The van der Waals surface area contributed by atoms with E-state index >= 15 is 0 Å². The second-order valence-electron chi connectivity index (χ2n) is 7.89. The summed E-state index contributed by atoms with van der Waals surface area (Å²) in [6.07, 6.45) is 3.47. The maximum atomic E-state index is 12.9. The van der Waals surface area contributed by atoms with Gasteiger partial charge in [-0.1, -0.05) is 18.2 Å².